The maximum Gasteiger partial charge on any atom is 0.261 e. The van der Waals surface area contributed by atoms with E-state index in [1.54, 1.807) is 0 Å². The summed E-state index contributed by atoms with van der Waals surface area (Å²) in [4.78, 5) is 0. The summed E-state index contributed by atoms with van der Waals surface area (Å²) in [5, 5.41) is 0. The summed E-state index contributed by atoms with van der Waals surface area (Å²) in [6.07, 6.45) is 28.1. The number of imidazole rings is 1. The topological polar surface area (TPSA) is 8.81 Å². The van der Waals surface area contributed by atoms with Gasteiger partial charge in [-0.25, -0.2) is 9.13 Å². The molecule has 0 saturated carbocycles. The van der Waals surface area contributed by atoms with Gasteiger partial charge in [-0.15, -0.1) is 0 Å². The van der Waals surface area contributed by atoms with Crippen molar-refractivity contribution in [3.05, 3.63) is 89.5 Å². The van der Waals surface area contributed by atoms with Gasteiger partial charge in [-0.1, -0.05) is 165 Å². The number of nitrogens with zero attached hydrogens (tertiary/aromatic N) is 2. The van der Waals surface area contributed by atoms with Crippen LogP contribution in [0.3, 0.4) is 0 Å². The van der Waals surface area contributed by atoms with Crippen LogP contribution in [-0.2, 0) is 25.9 Å². The fourth-order valence-electron chi connectivity index (χ4n) is 6.46. The van der Waals surface area contributed by atoms with Crippen molar-refractivity contribution in [2.24, 2.45) is 0 Å². The first kappa shape index (κ1) is 34.1. The van der Waals surface area contributed by atoms with Gasteiger partial charge in [0.1, 0.15) is 11.9 Å². The third-order valence-electron chi connectivity index (χ3n) is 9.12. The van der Waals surface area contributed by atoms with Crippen molar-refractivity contribution >= 4 is 0 Å². The molecule has 0 spiro atoms. The molecule has 0 radical (unpaired) electrons. The Morgan fingerprint density at radius 2 is 1.10 bits per heavy atom. The molecule has 1 atom stereocenters. The van der Waals surface area contributed by atoms with Gasteiger partial charge in [-0.2, -0.15) is 0 Å². The molecule has 0 aliphatic rings. The fourth-order valence-corrected chi connectivity index (χ4v) is 6.46. The lowest BCUT2D eigenvalue weighted by Gasteiger charge is -2.12. The molecular formula is C40H63N2+. The molecule has 232 valence electrons. The molecular weight excluding hydrogens is 508 g/mol. The van der Waals surface area contributed by atoms with E-state index < -0.39 is 0 Å². The van der Waals surface area contributed by atoms with E-state index in [-0.39, 0.29) is 0 Å². The maximum absolute atomic E-state index is 2.73. The van der Waals surface area contributed by atoms with E-state index in [4.69, 9.17) is 0 Å². The average Bonchev–Trinajstić information content (AvgIpc) is 3.33. The van der Waals surface area contributed by atoms with Crippen molar-refractivity contribution in [1.82, 2.24) is 4.57 Å². The lowest BCUT2D eigenvalue weighted by atomic mass is 9.96. The minimum absolute atomic E-state index is 0.518. The van der Waals surface area contributed by atoms with Gasteiger partial charge in [0.05, 0.1) is 19.5 Å². The summed E-state index contributed by atoms with van der Waals surface area (Å²) in [7, 11) is 0. The molecule has 2 aromatic carbocycles. The first-order chi connectivity index (χ1) is 20.7. The monoisotopic (exact) mass is 571 g/mol. The molecule has 0 aliphatic carbocycles. The second-order valence-electron chi connectivity index (χ2n) is 12.9. The Kier molecular flexibility index (Phi) is 17.4. The standard InChI is InChI=1S/C40H63N2/c1-4-6-8-10-11-12-13-14-15-16-18-26-32-42-39(33-36(3)38-29-23-20-24-30-38)35-41(31-25-17-9-7-5-2)40(42)34-37-27-21-19-22-28-37/h19-24,27-30,35-36H,4-18,25-26,31-34H2,1-3H3/q+1. The van der Waals surface area contributed by atoms with Crippen LogP contribution in [0.1, 0.15) is 158 Å². The van der Waals surface area contributed by atoms with Crippen molar-refractivity contribution in [3.8, 4) is 0 Å². The molecule has 1 heterocycles. The number of hydrogen-bond donors (Lipinski definition) is 0. The minimum Gasteiger partial charge on any atom is -0.234 e. The van der Waals surface area contributed by atoms with Gasteiger partial charge >= 0.3 is 0 Å². The third kappa shape index (κ3) is 12.9. The lowest BCUT2D eigenvalue weighted by molar-refractivity contribution is -0.704. The highest BCUT2D eigenvalue weighted by Gasteiger charge is 2.25. The summed E-state index contributed by atoms with van der Waals surface area (Å²) >= 11 is 0. The Labute approximate surface area is 260 Å². The van der Waals surface area contributed by atoms with Gasteiger partial charge in [-0.05, 0) is 42.7 Å². The van der Waals surface area contributed by atoms with Gasteiger partial charge in [0.2, 0.25) is 0 Å². The van der Waals surface area contributed by atoms with Crippen molar-refractivity contribution < 1.29 is 4.57 Å². The molecule has 42 heavy (non-hydrogen) atoms. The maximum atomic E-state index is 2.73. The summed E-state index contributed by atoms with van der Waals surface area (Å²) in [6.45, 7) is 9.31. The normalized spacial score (nSPS) is 12.2. The van der Waals surface area contributed by atoms with Crippen LogP contribution in [0.25, 0.3) is 0 Å². The van der Waals surface area contributed by atoms with E-state index in [1.165, 1.54) is 132 Å². The molecule has 0 amide bonds. The van der Waals surface area contributed by atoms with Gasteiger partial charge in [0, 0.05) is 6.42 Å². The van der Waals surface area contributed by atoms with E-state index in [0.717, 1.165) is 25.9 Å². The number of aryl methyl sites for hydroxylation is 1. The zero-order valence-electron chi connectivity index (χ0n) is 27.7. The Hall–Kier alpha value is -2.35. The van der Waals surface area contributed by atoms with Crippen LogP contribution in [0.5, 0.6) is 0 Å². The quantitative estimate of drug-likeness (QED) is 0.0747. The van der Waals surface area contributed by atoms with Crippen molar-refractivity contribution in [1.29, 1.82) is 0 Å². The van der Waals surface area contributed by atoms with E-state index >= 15 is 0 Å². The molecule has 0 bridgehead atoms. The van der Waals surface area contributed by atoms with Crippen molar-refractivity contribution in [2.75, 3.05) is 0 Å². The third-order valence-corrected chi connectivity index (χ3v) is 9.12. The smallest absolute Gasteiger partial charge is 0.234 e. The van der Waals surface area contributed by atoms with Crippen LogP contribution in [0.15, 0.2) is 66.9 Å². The summed E-state index contributed by atoms with van der Waals surface area (Å²) in [6, 6.07) is 22.3. The van der Waals surface area contributed by atoms with Gasteiger partial charge in [0.15, 0.2) is 0 Å². The van der Waals surface area contributed by atoms with Gasteiger partial charge in [0.25, 0.3) is 5.82 Å². The van der Waals surface area contributed by atoms with Crippen LogP contribution in [0.2, 0.25) is 0 Å². The largest absolute Gasteiger partial charge is 0.261 e. The molecule has 2 nitrogen and oxygen atoms in total. The van der Waals surface area contributed by atoms with E-state index in [9.17, 15) is 0 Å². The van der Waals surface area contributed by atoms with Crippen LogP contribution in [0, 0.1) is 0 Å². The fraction of sp³-hybridized carbons (Fsp3) is 0.625. The zero-order valence-corrected chi connectivity index (χ0v) is 27.7. The summed E-state index contributed by atoms with van der Waals surface area (Å²) in [5.74, 6) is 2.03. The molecule has 2 heteroatoms. The highest BCUT2D eigenvalue weighted by Crippen LogP contribution is 2.23. The zero-order chi connectivity index (χ0) is 29.7. The minimum atomic E-state index is 0.518. The number of benzene rings is 2. The first-order valence-corrected chi connectivity index (χ1v) is 17.9. The van der Waals surface area contributed by atoms with Crippen LogP contribution in [0.4, 0.5) is 0 Å². The second-order valence-corrected chi connectivity index (χ2v) is 12.9. The predicted molar refractivity (Wildman–Crippen MR) is 182 cm³/mol. The summed E-state index contributed by atoms with van der Waals surface area (Å²) in [5.41, 5.74) is 4.40. The molecule has 1 aromatic heterocycles. The second kappa shape index (κ2) is 21.4. The van der Waals surface area contributed by atoms with E-state index in [0.29, 0.717) is 5.92 Å². The molecule has 1 unspecified atom stereocenters. The Bertz CT molecular complexity index is 1050. The molecule has 3 rings (SSSR count). The Balaban J connectivity index is 1.64. The SMILES string of the molecule is CCCCCCCCCCCCCCn1c(CC(C)c2ccccc2)c[n+](CCCCCCC)c1Cc1ccccc1. The van der Waals surface area contributed by atoms with Gasteiger partial charge < -0.3 is 0 Å². The average molecular weight is 572 g/mol. The first-order valence-electron chi connectivity index (χ1n) is 17.9. The highest BCUT2D eigenvalue weighted by molar-refractivity contribution is 5.22. The highest BCUT2D eigenvalue weighted by atomic mass is 15.2. The number of unbranched alkanes of at least 4 members (excludes halogenated alkanes) is 15. The van der Waals surface area contributed by atoms with E-state index in [2.05, 4.69) is 96.8 Å². The van der Waals surface area contributed by atoms with Gasteiger partial charge in [-0.3, -0.25) is 0 Å². The van der Waals surface area contributed by atoms with Crippen molar-refractivity contribution in [2.45, 2.75) is 162 Å². The number of hydrogen-bond acceptors (Lipinski definition) is 0. The lowest BCUT2D eigenvalue weighted by Crippen LogP contribution is -2.37. The van der Waals surface area contributed by atoms with Crippen LogP contribution < -0.4 is 4.57 Å². The number of aromatic nitrogens is 2. The molecule has 0 aliphatic heterocycles. The summed E-state index contributed by atoms with van der Waals surface area (Å²) < 4.78 is 5.36. The Morgan fingerprint density at radius 1 is 0.595 bits per heavy atom. The molecule has 3 aromatic rings. The van der Waals surface area contributed by atoms with Crippen molar-refractivity contribution in [3.63, 3.8) is 0 Å². The predicted octanol–water partition coefficient (Wildman–Crippen LogP) is 11.4. The molecule has 0 saturated heterocycles. The Morgan fingerprint density at radius 3 is 1.67 bits per heavy atom. The molecule has 0 fully saturated rings. The van der Waals surface area contributed by atoms with Crippen LogP contribution >= 0.6 is 0 Å². The number of rotatable bonds is 24. The molecule has 0 N–H and O–H groups in total. The van der Waals surface area contributed by atoms with E-state index in [1.807, 2.05) is 0 Å². The van der Waals surface area contributed by atoms with Crippen LogP contribution in [-0.4, -0.2) is 4.57 Å².